The lowest BCUT2D eigenvalue weighted by Crippen LogP contribution is -2.34. The van der Waals surface area contributed by atoms with E-state index >= 15 is 0 Å². The quantitative estimate of drug-likeness (QED) is 0.486. The normalized spacial score (nSPS) is 10.9. The maximum Gasteiger partial charge on any atom is 0.261 e. The summed E-state index contributed by atoms with van der Waals surface area (Å²) in [5, 5.41) is 5.75. The topological polar surface area (TPSA) is 87.3 Å². The van der Waals surface area contributed by atoms with E-state index in [1.54, 1.807) is 48.5 Å². The van der Waals surface area contributed by atoms with Crippen molar-refractivity contribution in [1.29, 1.82) is 0 Å². The van der Waals surface area contributed by atoms with Crippen LogP contribution in [0.25, 0.3) is 0 Å². The van der Waals surface area contributed by atoms with E-state index in [-0.39, 0.29) is 10.0 Å². The third-order valence-electron chi connectivity index (χ3n) is 4.07. The molecule has 0 aliphatic rings. The lowest BCUT2D eigenvalue weighted by molar-refractivity contribution is 0.0978. The molecule has 0 bridgehead atoms. The van der Waals surface area contributed by atoms with Gasteiger partial charge in [0.2, 0.25) is 0 Å². The summed E-state index contributed by atoms with van der Waals surface area (Å²) in [7, 11) is -3.73. The van der Waals surface area contributed by atoms with Gasteiger partial charge in [0.25, 0.3) is 15.9 Å². The lowest BCUT2D eigenvalue weighted by Gasteiger charge is -2.12. The van der Waals surface area contributed by atoms with Crippen molar-refractivity contribution in [3.63, 3.8) is 0 Å². The number of rotatable bonds is 5. The number of sulfonamides is 1. The molecule has 0 heterocycles. The number of aryl methyl sites for hydroxylation is 1. The maximum atomic E-state index is 12.5. The molecule has 0 saturated heterocycles. The van der Waals surface area contributed by atoms with Crippen molar-refractivity contribution in [3.05, 3.63) is 88.9 Å². The van der Waals surface area contributed by atoms with E-state index in [0.717, 1.165) is 5.56 Å². The first-order chi connectivity index (χ1) is 14.2. The lowest BCUT2D eigenvalue weighted by atomic mass is 10.2. The van der Waals surface area contributed by atoms with Crippen LogP contribution in [0.1, 0.15) is 15.9 Å². The predicted molar refractivity (Wildman–Crippen MR) is 124 cm³/mol. The van der Waals surface area contributed by atoms with Crippen molar-refractivity contribution >= 4 is 56.2 Å². The highest BCUT2D eigenvalue weighted by atomic mass is 35.5. The number of hydrogen-bond donors (Lipinski definition) is 3. The zero-order chi connectivity index (χ0) is 21.7. The number of nitrogens with one attached hydrogen (secondary N) is 3. The zero-order valence-electron chi connectivity index (χ0n) is 15.8. The maximum absolute atomic E-state index is 12.5. The summed E-state index contributed by atoms with van der Waals surface area (Å²) in [5.74, 6) is -0.445. The first-order valence-corrected chi connectivity index (χ1v) is 11.1. The fourth-order valence-corrected chi connectivity index (χ4v) is 4.02. The second-order valence-electron chi connectivity index (χ2n) is 6.38. The molecule has 1 amide bonds. The van der Waals surface area contributed by atoms with Crippen molar-refractivity contribution in [2.24, 2.45) is 0 Å². The molecule has 3 aromatic rings. The Balaban J connectivity index is 1.63. The Hall–Kier alpha value is -2.94. The Bertz CT molecular complexity index is 1180. The third-order valence-corrected chi connectivity index (χ3v) is 6.00. The van der Waals surface area contributed by atoms with E-state index in [1.165, 1.54) is 12.1 Å². The summed E-state index contributed by atoms with van der Waals surface area (Å²) in [6.07, 6.45) is 0. The summed E-state index contributed by atoms with van der Waals surface area (Å²) < 4.78 is 27.6. The zero-order valence-corrected chi connectivity index (χ0v) is 18.2. The molecule has 0 atom stereocenters. The van der Waals surface area contributed by atoms with Crippen molar-refractivity contribution in [1.82, 2.24) is 5.32 Å². The van der Waals surface area contributed by atoms with Gasteiger partial charge in [-0.05, 0) is 67.7 Å². The van der Waals surface area contributed by atoms with Crippen LogP contribution in [0.5, 0.6) is 0 Å². The van der Waals surface area contributed by atoms with Gasteiger partial charge in [0.1, 0.15) is 0 Å². The van der Waals surface area contributed by atoms with Crippen LogP contribution in [0, 0.1) is 6.92 Å². The molecule has 0 fully saturated rings. The molecule has 9 heteroatoms. The minimum Gasteiger partial charge on any atom is -0.332 e. The summed E-state index contributed by atoms with van der Waals surface area (Å²) in [6.45, 7) is 1.92. The molecule has 0 saturated carbocycles. The van der Waals surface area contributed by atoms with Crippen LogP contribution in [-0.2, 0) is 10.0 Å². The van der Waals surface area contributed by atoms with Gasteiger partial charge in [-0.2, -0.15) is 0 Å². The number of carbonyl (C=O) groups is 1. The van der Waals surface area contributed by atoms with Crippen molar-refractivity contribution in [3.8, 4) is 0 Å². The fraction of sp³-hybridized carbons (Fsp3) is 0.0476. The van der Waals surface area contributed by atoms with E-state index in [1.807, 2.05) is 19.1 Å². The largest absolute Gasteiger partial charge is 0.332 e. The first-order valence-electron chi connectivity index (χ1n) is 8.81. The summed E-state index contributed by atoms with van der Waals surface area (Å²) >= 11 is 11.1. The molecule has 3 rings (SSSR count). The SMILES string of the molecule is Cc1ccc(NS(=O)(=O)c2ccc(NC(=S)NC(=O)c3ccccc3Cl)cc2)cc1. The average Bonchev–Trinajstić information content (AvgIpc) is 2.70. The van der Waals surface area contributed by atoms with Crippen LogP contribution in [-0.4, -0.2) is 19.4 Å². The molecule has 3 N–H and O–H groups in total. The third kappa shape index (κ3) is 5.56. The molecule has 0 radical (unpaired) electrons. The van der Waals surface area contributed by atoms with Gasteiger partial charge >= 0.3 is 0 Å². The first kappa shape index (κ1) is 21.8. The minimum absolute atomic E-state index is 0.0632. The number of benzene rings is 3. The van der Waals surface area contributed by atoms with Gasteiger partial charge < -0.3 is 5.32 Å². The Morgan fingerprint density at radius 2 is 1.50 bits per heavy atom. The standard InChI is InChI=1S/C21H18ClN3O3S2/c1-14-6-8-16(9-7-14)25-30(27,28)17-12-10-15(11-13-17)23-21(29)24-20(26)18-4-2-3-5-19(18)22/h2-13,25H,1H3,(H2,23,24,26,29). The van der Waals surface area contributed by atoms with E-state index in [4.69, 9.17) is 23.8 Å². The van der Waals surface area contributed by atoms with Crippen LogP contribution >= 0.6 is 23.8 Å². The highest BCUT2D eigenvalue weighted by molar-refractivity contribution is 7.92. The second kappa shape index (κ2) is 9.25. The van der Waals surface area contributed by atoms with Crippen LogP contribution < -0.4 is 15.4 Å². The van der Waals surface area contributed by atoms with E-state index in [9.17, 15) is 13.2 Å². The Morgan fingerprint density at radius 1 is 0.900 bits per heavy atom. The van der Waals surface area contributed by atoms with Crippen molar-refractivity contribution in [2.75, 3.05) is 10.0 Å². The number of carbonyl (C=O) groups excluding carboxylic acids is 1. The molecule has 0 aliphatic carbocycles. The minimum atomic E-state index is -3.73. The molecule has 0 aromatic heterocycles. The Kier molecular flexibility index (Phi) is 6.71. The van der Waals surface area contributed by atoms with E-state index < -0.39 is 15.9 Å². The van der Waals surface area contributed by atoms with Gasteiger partial charge in [-0.25, -0.2) is 8.42 Å². The Labute approximate surface area is 185 Å². The van der Waals surface area contributed by atoms with Crippen molar-refractivity contribution in [2.45, 2.75) is 11.8 Å². The number of hydrogen-bond acceptors (Lipinski definition) is 4. The fourth-order valence-electron chi connectivity index (χ4n) is 2.53. The summed E-state index contributed by atoms with van der Waals surface area (Å²) in [5.41, 5.74) is 2.33. The highest BCUT2D eigenvalue weighted by Crippen LogP contribution is 2.19. The van der Waals surface area contributed by atoms with Gasteiger partial charge in [-0.3, -0.25) is 14.8 Å². The van der Waals surface area contributed by atoms with Gasteiger partial charge in [-0.15, -0.1) is 0 Å². The monoisotopic (exact) mass is 459 g/mol. The summed E-state index contributed by atoms with van der Waals surface area (Å²) in [4.78, 5) is 12.3. The molecule has 154 valence electrons. The van der Waals surface area contributed by atoms with Crippen LogP contribution in [0.2, 0.25) is 5.02 Å². The smallest absolute Gasteiger partial charge is 0.261 e. The molecule has 0 spiro atoms. The molecular weight excluding hydrogens is 442 g/mol. The van der Waals surface area contributed by atoms with Crippen LogP contribution in [0.15, 0.2) is 77.7 Å². The number of thiocarbonyl (C=S) groups is 1. The molecule has 3 aromatic carbocycles. The van der Waals surface area contributed by atoms with Crippen LogP contribution in [0.3, 0.4) is 0 Å². The molecular formula is C21H18ClN3O3S2. The average molecular weight is 460 g/mol. The van der Waals surface area contributed by atoms with Gasteiger partial charge in [0.15, 0.2) is 5.11 Å². The van der Waals surface area contributed by atoms with Crippen LogP contribution in [0.4, 0.5) is 11.4 Å². The van der Waals surface area contributed by atoms with Crippen molar-refractivity contribution < 1.29 is 13.2 Å². The Morgan fingerprint density at radius 3 is 2.13 bits per heavy atom. The number of amides is 1. The van der Waals surface area contributed by atoms with Gasteiger partial charge in [0, 0.05) is 11.4 Å². The van der Waals surface area contributed by atoms with E-state index in [0.29, 0.717) is 22.0 Å². The number of halogens is 1. The molecule has 0 unspecified atom stereocenters. The van der Waals surface area contributed by atoms with Gasteiger partial charge in [-0.1, -0.05) is 41.4 Å². The number of anilines is 2. The summed E-state index contributed by atoms with van der Waals surface area (Å²) in [6, 6.07) is 19.6. The van der Waals surface area contributed by atoms with E-state index in [2.05, 4.69) is 15.4 Å². The van der Waals surface area contributed by atoms with Gasteiger partial charge in [0.05, 0.1) is 15.5 Å². The molecule has 30 heavy (non-hydrogen) atoms. The highest BCUT2D eigenvalue weighted by Gasteiger charge is 2.15. The predicted octanol–water partition coefficient (Wildman–Crippen LogP) is 4.58. The molecule has 0 aliphatic heterocycles. The second-order valence-corrected chi connectivity index (χ2v) is 8.88. The molecule has 6 nitrogen and oxygen atoms in total.